The van der Waals surface area contributed by atoms with E-state index in [0.29, 0.717) is 6.04 Å². The summed E-state index contributed by atoms with van der Waals surface area (Å²) < 4.78 is 2.06. The van der Waals surface area contributed by atoms with Crippen molar-refractivity contribution >= 4 is 16.7 Å². The molecular weight excluding hydrogens is 446 g/mol. The molecule has 0 radical (unpaired) electrons. The fourth-order valence-electron chi connectivity index (χ4n) is 5.60. The van der Waals surface area contributed by atoms with Gasteiger partial charge in [0.15, 0.2) is 0 Å². The van der Waals surface area contributed by atoms with Gasteiger partial charge in [0.1, 0.15) is 0 Å². The van der Waals surface area contributed by atoms with E-state index < -0.39 is 0 Å². The highest BCUT2D eigenvalue weighted by molar-refractivity contribution is 5.82. The van der Waals surface area contributed by atoms with Crippen LogP contribution in [0.4, 0.5) is 5.69 Å². The molecule has 7 heteroatoms. The molecule has 4 aromatic rings. The maximum Gasteiger partial charge on any atom is 0.0955 e. The van der Waals surface area contributed by atoms with Crippen molar-refractivity contribution in [1.29, 1.82) is 0 Å². The molecule has 0 spiro atoms. The third-order valence-electron chi connectivity index (χ3n) is 7.69. The lowest BCUT2D eigenvalue weighted by molar-refractivity contribution is 0.124. The first-order chi connectivity index (χ1) is 17.7. The summed E-state index contributed by atoms with van der Waals surface area (Å²) in [6, 6.07) is 18.0. The van der Waals surface area contributed by atoms with Crippen molar-refractivity contribution in [1.82, 2.24) is 29.7 Å². The van der Waals surface area contributed by atoms with Crippen LogP contribution in [0.3, 0.4) is 0 Å². The van der Waals surface area contributed by atoms with Crippen molar-refractivity contribution in [2.24, 2.45) is 7.05 Å². The zero-order valence-electron chi connectivity index (χ0n) is 21.0. The van der Waals surface area contributed by atoms with Crippen molar-refractivity contribution in [3.8, 4) is 11.1 Å². The number of benzene rings is 2. The number of aryl methyl sites for hydroxylation is 1. The summed E-state index contributed by atoms with van der Waals surface area (Å²) >= 11 is 0. The number of fused-ring (bicyclic) bond motifs is 2. The first-order valence-electron chi connectivity index (χ1n) is 13.1. The van der Waals surface area contributed by atoms with E-state index in [0.717, 1.165) is 86.6 Å². The molecule has 2 N–H and O–H groups in total. The highest BCUT2D eigenvalue weighted by atomic mass is 15.3. The van der Waals surface area contributed by atoms with Crippen LogP contribution in [-0.2, 0) is 20.0 Å². The van der Waals surface area contributed by atoms with E-state index >= 15 is 0 Å². The van der Waals surface area contributed by atoms with Gasteiger partial charge >= 0.3 is 0 Å². The monoisotopic (exact) mass is 481 g/mol. The van der Waals surface area contributed by atoms with Crippen LogP contribution >= 0.6 is 0 Å². The standard InChI is InChI=1S/C29H35N7/c1-34-21-33-28-7-6-23(15-29(28)34)25-14-26(17-31-16-25)32-18-27(36-12-9-30-10-13-36)20-35-11-8-22-4-2-3-5-24(22)19-35/h2-7,14-17,21,27,30,32H,8-13,18-20H2,1H3. The molecule has 1 atom stereocenters. The summed E-state index contributed by atoms with van der Waals surface area (Å²) in [5.41, 5.74) is 8.50. The number of hydrogen-bond donors (Lipinski definition) is 2. The largest absolute Gasteiger partial charge is 0.382 e. The number of imidazole rings is 1. The van der Waals surface area contributed by atoms with Crippen molar-refractivity contribution in [3.63, 3.8) is 0 Å². The number of nitrogens with zero attached hydrogens (tertiary/aromatic N) is 5. The second-order valence-electron chi connectivity index (χ2n) is 10.1. The molecule has 1 fully saturated rings. The van der Waals surface area contributed by atoms with Crippen LogP contribution in [0, 0.1) is 0 Å². The van der Waals surface area contributed by atoms with Gasteiger partial charge in [0, 0.05) is 83.4 Å². The molecule has 1 saturated heterocycles. The number of piperazine rings is 1. The fraction of sp³-hybridized carbons (Fsp3) is 0.379. The van der Waals surface area contributed by atoms with Crippen LogP contribution in [0.2, 0.25) is 0 Å². The number of hydrogen-bond acceptors (Lipinski definition) is 6. The van der Waals surface area contributed by atoms with Crippen molar-refractivity contribution in [3.05, 3.63) is 78.4 Å². The van der Waals surface area contributed by atoms with Crippen LogP contribution in [0.25, 0.3) is 22.2 Å². The van der Waals surface area contributed by atoms with Crippen LogP contribution in [0.5, 0.6) is 0 Å². The average molecular weight is 482 g/mol. The van der Waals surface area contributed by atoms with E-state index in [2.05, 4.69) is 83.5 Å². The highest BCUT2D eigenvalue weighted by Gasteiger charge is 2.25. The Morgan fingerprint density at radius 2 is 1.83 bits per heavy atom. The maximum absolute atomic E-state index is 4.56. The summed E-state index contributed by atoms with van der Waals surface area (Å²) in [6.07, 6.45) is 6.90. The van der Waals surface area contributed by atoms with Crippen LogP contribution in [-0.4, -0.2) is 76.2 Å². The van der Waals surface area contributed by atoms with E-state index in [-0.39, 0.29) is 0 Å². The third-order valence-corrected chi connectivity index (χ3v) is 7.69. The smallest absolute Gasteiger partial charge is 0.0955 e. The molecule has 4 heterocycles. The molecule has 2 aliphatic heterocycles. The summed E-state index contributed by atoms with van der Waals surface area (Å²) in [4.78, 5) is 14.3. The molecule has 2 aromatic heterocycles. The van der Waals surface area contributed by atoms with Gasteiger partial charge in [0.25, 0.3) is 0 Å². The Morgan fingerprint density at radius 3 is 2.72 bits per heavy atom. The molecule has 7 nitrogen and oxygen atoms in total. The van der Waals surface area contributed by atoms with E-state index in [1.54, 1.807) is 0 Å². The summed E-state index contributed by atoms with van der Waals surface area (Å²) in [5, 5.41) is 7.24. The number of nitrogens with one attached hydrogen (secondary N) is 2. The Balaban J connectivity index is 1.17. The molecule has 186 valence electrons. The van der Waals surface area contributed by atoms with Gasteiger partial charge in [-0.05, 0) is 41.3 Å². The van der Waals surface area contributed by atoms with Crippen molar-refractivity contribution < 1.29 is 0 Å². The first-order valence-corrected chi connectivity index (χ1v) is 13.1. The molecule has 0 saturated carbocycles. The Kier molecular flexibility index (Phi) is 6.68. The number of aromatic nitrogens is 3. The Bertz CT molecular complexity index is 1320. The zero-order chi connectivity index (χ0) is 24.3. The maximum atomic E-state index is 4.56. The van der Waals surface area contributed by atoms with E-state index in [9.17, 15) is 0 Å². The molecule has 6 rings (SSSR count). The molecule has 0 amide bonds. The third kappa shape index (κ3) is 5.00. The molecule has 2 aromatic carbocycles. The molecular formula is C29H35N7. The summed E-state index contributed by atoms with van der Waals surface area (Å²) in [6.45, 7) is 8.48. The summed E-state index contributed by atoms with van der Waals surface area (Å²) in [7, 11) is 2.03. The topological polar surface area (TPSA) is 61.3 Å². The van der Waals surface area contributed by atoms with Gasteiger partial charge in [-0.1, -0.05) is 30.3 Å². The number of anilines is 1. The van der Waals surface area contributed by atoms with Gasteiger partial charge in [-0.25, -0.2) is 4.98 Å². The molecule has 36 heavy (non-hydrogen) atoms. The second kappa shape index (κ2) is 10.4. The minimum absolute atomic E-state index is 0.451. The van der Waals surface area contributed by atoms with E-state index in [1.807, 2.05) is 25.8 Å². The van der Waals surface area contributed by atoms with Crippen LogP contribution in [0.1, 0.15) is 11.1 Å². The summed E-state index contributed by atoms with van der Waals surface area (Å²) in [5.74, 6) is 0. The predicted octanol–water partition coefficient (Wildman–Crippen LogP) is 3.38. The van der Waals surface area contributed by atoms with Gasteiger partial charge in [-0.2, -0.15) is 0 Å². The average Bonchev–Trinajstić information content (AvgIpc) is 3.31. The van der Waals surface area contributed by atoms with E-state index in [4.69, 9.17) is 0 Å². The Morgan fingerprint density at radius 1 is 0.972 bits per heavy atom. The zero-order valence-corrected chi connectivity index (χ0v) is 21.0. The molecule has 0 aliphatic carbocycles. The number of rotatable bonds is 7. The molecule has 0 bridgehead atoms. The van der Waals surface area contributed by atoms with Gasteiger partial charge in [-0.3, -0.25) is 14.8 Å². The lowest BCUT2D eigenvalue weighted by Crippen LogP contribution is -2.54. The van der Waals surface area contributed by atoms with Gasteiger partial charge in [0.05, 0.1) is 23.0 Å². The Hall–Kier alpha value is -3.26. The molecule has 2 aliphatic rings. The first kappa shape index (κ1) is 23.2. The van der Waals surface area contributed by atoms with E-state index in [1.165, 1.54) is 11.1 Å². The molecule has 1 unspecified atom stereocenters. The van der Waals surface area contributed by atoms with Crippen molar-refractivity contribution in [2.45, 2.75) is 19.0 Å². The fourth-order valence-corrected chi connectivity index (χ4v) is 5.60. The van der Waals surface area contributed by atoms with Gasteiger partial charge in [-0.15, -0.1) is 0 Å². The minimum Gasteiger partial charge on any atom is -0.382 e. The van der Waals surface area contributed by atoms with Crippen molar-refractivity contribution in [2.75, 3.05) is 51.1 Å². The minimum atomic E-state index is 0.451. The lowest BCUT2D eigenvalue weighted by atomic mass is 9.99. The lowest BCUT2D eigenvalue weighted by Gasteiger charge is -2.39. The normalized spacial score (nSPS) is 17.7. The van der Waals surface area contributed by atoms with Gasteiger partial charge in [0.2, 0.25) is 0 Å². The van der Waals surface area contributed by atoms with Crippen LogP contribution < -0.4 is 10.6 Å². The second-order valence-corrected chi connectivity index (χ2v) is 10.1. The van der Waals surface area contributed by atoms with Crippen LogP contribution in [0.15, 0.2) is 67.3 Å². The SMILES string of the molecule is Cn1cnc2ccc(-c3cncc(NCC(CN4CCc5ccccc5C4)N4CCNCC4)c3)cc21. The predicted molar refractivity (Wildman–Crippen MR) is 146 cm³/mol. The van der Waals surface area contributed by atoms with Gasteiger partial charge < -0.3 is 15.2 Å². The highest BCUT2D eigenvalue weighted by Crippen LogP contribution is 2.25. The Labute approximate surface area is 213 Å². The quantitative estimate of drug-likeness (QED) is 0.422. The number of pyridine rings is 1.